The Bertz CT molecular complexity index is 1930. The molecule has 0 unspecified atom stereocenters. The lowest BCUT2D eigenvalue weighted by atomic mass is 10.0. The second-order valence-corrected chi connectivity index (χ2v) is 12.4. The first-order valence-corrected chi connectivity index (χ1v) is 14.5. The highest BCUT2D eigenvalue weighted by Gasteiger charge is 2.30. The van der Waals surface area contributed by atoms with Gasteiger partial charge in [0, 0.05) is 18.8 Å². The largest absolute Gasteiger partial charge is 0.457 e. The van der Waals surface area contributed by atoms with Crippen LogP contribution in [0.5, 0.6) is 11.5 Å². The number of aromatic nitrogens is 2. The minimum atomic E-state index is -4.46. The molecule has 5 rings (SSSR count). The molecule has 0 fully saturated rings. The Morgan fingerprint density at radius 2 is 1.50 bits per heavy atom. The van der Waals surface area contributed by atoms with Crippen LogP contribution in [0.4, 0.5) is 13.2 Å². The highest BCUT2D eigenvalue weighted by atomic mass is 127. The molecule has 206 valence electrons. The van der Waals surface area contributed by atoms with E-state index in [1.165, 1.54) is 39.0 Å². The van der Waals surface area contributed by atoms with E-state index >= 15 is 0 Å². The van der Waals surface area contributed by atoms with Crippen molar-refractivity contribution in [2.75, 3.05) is 0 Å². The van der Waals surface area contributed by atoms with Crippen molar-refractivity contribution < 1.29 is 26.3 Å². The van der Waals surface area contributed by atoms with Crippen molar-refractivity contribution in [1.82, 2.24) is 8.54 Å². The van der Waals surface area contributed by atoms with Crippen LogP contribution in [0.1, 0.15) is 16.7 Å². The zero-order valence-corrected chi connectivity index (χ0v) is 24.4. The van der Waals surface area contributed by atoms with Crippen LogP contribution in [0.2, 0.25) is 0 Å². The Balaban J connectivity index is 1.67. The van der Waals surface area contributed by atoms with Gasteiger partial charge in [0.05, 0.1) is 25.1 Å². The number of alkyl halides is 3. The molecule has 0 aliphatic carbocycles. The summed E-state index contributed by atoms with van der Waals surface area (Å²) in [4.78, 5) is 13.0. The summed E-state index contributed by atoms with van der Waals surface area (Å²) in [6.45, 7) is 3.67. The van der Waals surface area contributed by atoms with Crippen molar-refractivity contribution >= 4 is 43.6 Å². The molecule has 0 bridgehead atoms. The Hall–Kier alpha value is -3.58. The smallest absolute Gasteiger partial charge is 0.416 e. The Morgan fingerprint density at radius 3 is 2.12 bits per heavy atom. The van der Waals surface area contributed by atoms with E-state index in [1.807, 2.05) is 42.5 Å². The number of rotatable bonds is 5. The van der Waals surface area contributed by atoms with E-state index in [9.17, 15) is 26.4 Å². The lowest BCUT2D eigenvalue weighted by molar-refractivity contribution is -0.137. The van der Waals surface area contributed by atoms with E-state index in [0.717, 1.165) is 23.3 Å². The Kier molecular flexibility index (Phi) is 7.07. The zero-order valence-electron chi connectivity index (χ0n) is 21.5. The standard InChI is InChI=1S/C29H22F3IN2O4S/c1-17-4-10-23(11-5-17)40(37,38)35-16-24(27-26(35)15-25(33)28(36)34(27)3)19-12-18(2)13-22(14-19)39-21-8-6-20(7-9-21)29(30,31)32/h4-16H,1-3H3. The van der Waals surface area contributed by atoms with E-state index in [4.69, 9.17) is 4.74 Å². The second kappa shape index (κ2) is 10.1. The van der Waals surface area contributed by atoms with Crippen LogP contribution in [0, 0.1) is 17.4 Å². The van der Waals surface area contributed by atoms with Crippen molar-refractivity contribution in [3.8, 4) is 22.6 Å². The molecular weight excluding hydrogens is 656 g/mol. The molecule has 0 saturated heterocycles. The molecule has 2 heterocycles. The van der Waals surface area contributed by atoms with Crippen molar-refractivity contribution in [2.24, 2.45) is 7.05 Å². The summed E-state index contributed by atoms with van der Waals surface area (Å²) in [6, 6.07) is 17.6. The number of pyridine rings is 1. The first-order valence-electron chi connectivity index (χ1n) is 12.0. The SMILES string of the molecule is Cc1ccc(S(=O)(=O)n2cc(-c3cc(C)cc(Oc4ccc(C(F)(F)F)cc4)c3)c3c2cc(I)c(=O)n3C)cc1. The average molecular weight is 678 g/mol. The lowest BCUT2D eigenvalue weighted by Gasteiger charge is -2.11. The Morgan fingerprint density at radius 1 is 0.850 bits per heavy atom. The van der Waals surface area contributed by atoms with Gasteiger partial charge < -0.3 is 9.30 Å². The van der Waals surface area contributed by atoms with Gasteiger partial charge in [-0.25, -0.2) is 12.4 Å². The molecule has 2 aromatic heterocycles. The number of hydrogen-bond acceptors (Lipinski definition) is 4. The van der Waals surface area contributed by atoms with Crippen LogP contribution in [0.25, 0.3) is 22.2 Å². The van der Waals surface area contributed by atoms with Gasteiger partial charge >= 0.3 is 6.18 Å². The van der Waals surface area contributed by atoms with Gasteiger partial charge in [-0.3, -0.25) is 4.79 Å². The van der Waals surface area contributed by atoms with E-state index < -0.39 is 21.8 Å². The number of halogens is 4. The van der Waals surface area contributed by atoms with Crippen molar-refractivity contribution in [1.29, 1.82) is 0 Å². The third kappa shape index (κ3) is 5.15. The van der Waals surface area contributed by atoms with Crippen molar-refractivity contribution in [3.05, 3.63) is 110 Å². The third-order valence-electron chi connectivity index (χ3n) is 6.45. The summed E-state index contributed by atoms with van der Waals surface area (Å²) >= 11 is 1.88. The molecule has 5 aromatic rings. The average Bonchev–Trinajstić information content (AvgIpc) is 3.27. The van der Waals surface area contributed by atoms with Crippen LogP contribution in [-0.2, 0) is 23.2 Å². The predicted molar refractivity (Wildman–Crippen MR) is 155 cm³/mol. The molecule has 11 heteroatoms. The molecule has 0 atom stereocenters. The number of hydrogen-bond donors (Lipinski definition) is 0. The highest BCUT2D eigenvalue weighted by molar-refractivity contribution is 14.1. The molecule has 0 amide bonds. The lowest BCUT2D eigenvalue weighted by Crippen LogP contribution is -2.20. The van der Waals surface area contributed by atoms with Gasteiger partial charge in [-0.05, 0) is 102 Å². The maximum Gasteiger partial charge on any atom is 0.416 e. The molecule has 0 radical (unpaired) electrons. The highest BCUT2D eigenvalue weighted by Crippen LogP contribution is 2.37. The van der Waals surface area contributed by atoms with Crippen LogP contribution >= 0.6 is 22.6 Å². The fourth-order valence-corrected chi connectivity index (χ4v) is 6.47. The normalized spacial score (nSPS) is 12.2. The van der Waals surface area contributed by atoms with E-state index in [-0.39, 0.29) is 16.2 Å². The van der Waals surface area contributed by atoms with Gasteiger partial charge in [0.1, 0.15) is 11.5 Å². The fourth-order valence-electron chi connectivity index (χ4n) is 4.46. The van der Waals surface area contributed by atoms with Crippen LogP contribution in [0.15, 0.2) is 88.7 Å². The summed E-state index contributed by atoms with van der Waals surface area (Å²) in [7, 11) is -2.45. The van der Waals surface area contributed by atoms with Gasteiger partial charge in [0.15, 0.2) is 0 Å². The summed E-state index contributed by atoms with van der Waals surface area (Å²) < 4.78 is 75.2. The molecule has 3 aromatic carbocycles. The van der Waals surface area contributed by atoms with Gasteiger partial charge in [-0.1, -0.05) is 23.8 Å². The molecule has 0 aliphatic heterocycles. The van der Waals surface area contributed by atoms with E-state index in [0.29, 0.717) is 31.5 Å². The van der Waals surface area contributed by atoms with Gasteiger partial charge in [-0.15, -0.1) is 0 Å². The Labute approximate surface area is 241 Å². The first kappa shape index (κ1) is 28.0. The molecule has 0 aliphatic rings. The zero-order chi connectivity index (χ0) is 29.0. The van der Waals surface area contributed by atoms with Crippen LogP contribution < -0.4 is 10.3 Å². The third-order valence-corrected chi connectivity index (χ3v) is 8.91. The van der Waals surface area contributed by atoms with E-state index in [2.05, 4.69) is 0 Å². The summed E-state index contributed by atoms with van der Waals surface area (Å²) in [5, 5.41) is 0. The van der Waals surface area contributed by atoms with Crippen molar-refractivity contribution in [2.45, 2.75) is 24.9 Å². The van der Waals surface area contributed by atoms with E-state index in [1.54, 1.807) is 37.4 Å². The first-order chi connectivity index (χ1) is 18.8. The predicted octanol–water partition coefficient (Wildman–Crippen LogP) is 7.28. The van der Waals surface area contributed by atoms with Crippen molar-refractivity contribution in [3.63, 3.8) is 0 Å². The number of benzene rings is 3. The summed E-state index contributed by atoms with van der Waals surface area (Å²) in [6.07, 6.45) is -2.98. The molecule has 6 nitrogen and oxygen atoms in total. The minimum absolute atomic E-state index is 0.0981. The second-order valence-electron chi connectivity index (χ2n) is 9.41. The van der Waals surface area contributed by atoms with Crippen LogP contribution in [-0.4, -0.2) is 17.0 Å². The topological polar surface area (TPSA) is 70.3 Å². The van der Waals surface area contributed by atoms with Gasteiger partial charge in [0.2, 0.25) is 0 Å². The number of fused-ring (bicyclic) bond motifs is 1. The minimum Gasteiger partial charge on any atom is -0.457 e. The van der Waals surface area contributed by atoms with Gasteiger partial charge in [-0.2, -0.15) is 13.2 Å². The number of ether oxygens (including phenoxy) is 1. The van der Waals surface area contributed by atoms with Crippen LogP contribution in [0.3, 0.4) is 0 Å². The molecule has 0 spiro atoms. The quantitative estimate of drug-likeness (QED) is 0.184. The maximum absolute atomic E-state index is 13.8. The van der Waals surface area contributed by atoms with Gasteiger partial charge in [0.25, 0.3) is 15.6 Å². The number of nitrogens with zero attached hydrogens (tertiary/aromatic N) is 2. The summed E-state index contributed by atoms with van der Waals surface area (Å²) in [5.41, 5.74) is 2.38. The molecular formula is C29H22F3IN2O4S. The molecule has 0 saturated carbocycles. The fraction of sp³-hybridized carbons (Fsp3) is 0.138. The molecule has 0 N–H and O–H groups in total. The maximum atomic E-state index is 13.8. The monoisotopic (exact) mass is 678 g/mol. The number of aryl methyl sites for hydroxylation is 3. The summed E-state index contributed by atoms with van der Waals surface area (Å²) in [5.74, 6) is 0.545. The molecule has 40 heavy (non-hydrogen) atoms.